The number of benzene rings is 1. The van der Waals surface area contributed by atoms with Crippen LogP contribution >= 0.6 is 0 Å². The third-order valence-corrected chi connectivity index (χ3v) is 3.36. The van der Waals surface area contributed by atoms with Crippen LogP contribution in [0.15, 0.2) is 18.2 Å². The fourth-order valence-electron chi connectivity index (χ4n) is 2.26. The summed E-state index contributed by atoms with van der Waals surface area (Å²) in [7, 11) is 0. The van der Waals surface area contributed by atoms with Crippen LogP contribution in [0, 0.1) is 12.7 Å². The summed E-state index contributed by atoms with van der Waals surface area (Å²) in [6.45, 7) is 1.65. The van der Waals surface area contributed by atoms with Gasteiger partial charge < -0.3 is 10.8 Å². The van der Waals surface area contributed by atoms with Crippen molar-refractivity contribution >= 4 is 5.97 Å². The van der Waals surface area contributed by atoms with E-state index in [2.05, 4.69) is 0 Å². The largest absolute Gasteiger partial charge is 0.481 e. The molecule has 1 fully saturated rings. The number of halogens is 1. The molecule has 16 heavy (non-hydrogen) atoms. The van der Waals surface area contributed by atoms with Gasteiger partial charge in [-0.25, -0.2) is 4.39 Å². The highest BCUT2D eigenvalue weighted by molar-refractivity contribution is 5.83. The molecule has 0 aromatic heterocycles. The minimum atomic E-state index is -0.978. The van der Waals surface area contributed by atoms with Crippen molar-refractivity contribution in [1.29, 1.82) is 0 Å². The third kappa shape index (κ3) is 1.50. The molecule has 0 unspecified atom stereocenters. The van der Waals surface area contributed by atoms with Crippen LogP contribution in [0.4, 0.5) is 4.39 Å². The number of aliphatic carboxylic acids is 1. The lowest BCUT2D eigenvalue weighted by atomic mass is 9.62. The van der Waals surface area contributed by atoms with E-state index in [1.54, 1.807) is 19.1 Å². The SMILES string of the molecule is Cc1ccc(C2(C(=O)O)CC(N)C2)cc1F. The van der Waals surface area contributed by atoms with Gasteiger partial charge in [0, 0.05) is 6.04 Å². The number of aryl methyl sites for hydroxylation is 1. The van der Waals surface area contributed by atoms with E-state index in [4.69, 9.17) is 5.73 Å². The summed E-state index contributed by atoms with van der Waals surface area (Å²) in [5.41, 5.74) is 5.70. The Bertz CT molecular complexity index is 439. The molecule has 4 heteroatoms. The van der Waals surface area contributed by atoms with Crippen molar-refractivity contribution in [3.63, 3.8) is 0 Å². The highest BCUT2D eigenvalue weighted by atomic mass is 19.1. The molecule has 1 saturated carbocycles. The Morgan fingerprint density at radius 1 is 1.56 bits per heavy atom. The Labute approximate surface area is 93.1 Å². The summed E-state index contributed by atoms with van der Waals surface area (Å²) in [4.78, 5) is 11.3. The number of hydrogen-bond donors (Lipinski definition) is 2. The lowest BCUT2D eigenvalue weighted by molar-refractivity contribution is -0.148. The maximum atomic E-state index is 13.4. The van der Waals surface area contributed by atoms with Crippen LogP contribution in [0.5, 0.6) is 0 Å². The van der Waals surface area contributed by atoms with Crippen molar-refractivity contribution in [3.8, 4) is 0 Å². The third-order valence-electron chi connectivity index (χ3n) is 3.36. The average Bonchev–Trinajstić information content (AvgIpc) is 2.17. The van der Waals surface area contributed by atoms with E-state index < -0.39 is 11.4 Å². The Hall–Kier alpha value is -1.42. The molecule has 1 aliphatic rings. The van der Waals surface area contributed by atoms with Crippen LogP contribution in [0.25, 0.3) is 0 Å². The van der Waals surface area contributed by atoms with Gasteiger partial charge in [0.15, 0.2) is 0 Å². The van der Waals surface area contributed by atoms with Gasteiger partial charge in [0.25, 0.3) is 0 Å². The van der Waals surface area contributed by atoms with E-state index in [1.807, 2.05) is 0 Å². The predicted octanol–water partition coefficient (Wildman–Crippen LogP) is 1.58. The van der Waals surface area contributed by atoms with Crippen LogP contribution in [0.1, 0.15) is 24.0 Å². The van der Waals surface area contributed by atoms with Crippen molar-refractivity contribution < 1.29 is 14.3 Å². The van der Waals surface area contributed by atoms with Gasteiger partial charge in [-0.05, 0) is 37.0 Å². The molecule has 3 N–H and O–H groups in total. The number of carboxylic acid groups (broad SMARTS) is 1. The maximum Gasteiger partial charge on any atom is 0.314 e. The van der Waals surface area contributed by atoms with Crippen molar-refractivity contribution in [2.24, 2.45) is 5.73 Å². The van der Waals surface area contributed by atoms with Crippen LogP contribution in [0.2, 0.25) is 0 Å². The fourth-order valence-corrected chi connectivity index (χ4v) is 2.26. The minimum absolute atomic E-state index is 0.0968. The van der Waals surface area contributed by atoms with Crippen molar-refractivity contribution in [3.05, 3.63) is 35.1 Å². The molecule has 1 aromatic carbocycles. The van der Waals surface area contributed by atoms with E-state index >= 15 is 0 Å². The first-order valence-corrected chi connectivity index (χ1v) is 5.21. The summed E-state index contributed by atoms with van der Waals surface area (Å²) in [6, 6.07) is 4.51. The molecule has 0 amide bonds. The number of rotatable bonds is 2. The van der Waals surface area contributed by atoms with E-state index in [0.717, 1.165) is 0 Å². The van der Waals surface area contributed by atoms with Crippen LogP contribution < -0.4 is 5.73 Å². The van der Waals surface area contributed by atoms with Gasteiger partial charge in [-0.15, -0.1) is 0 Å². The lowest BCUT2D eigenvalue weighted by Gasteiger charge is -2.43. The molecular formula is C12H14FNO2. The van der Waals surface area contributed by atoms with Crippen molar-refractivity contribution in [1.82, 2.24) is 0 Å². The Balaban J connectivity index is 2.41. The maximum absolute atomic E-state index is 13.4. The zero-order valence-electron chi connectivity index (χ0n) is 9.03. The zero-order chi connectivity index (χ0) is 11.9. The van der Waals surface area contributed by atoms with Gasteiger partial charge >= 0.3 is 5.97 Å². The van der Waals surface area contributed by atoms with E-state index in [0.29, 0.717) is 24.0 Å². The molecule has 0 atom stereocenters. The van der Waals surface area contributed by atoms with E-state index in [1.165, 1.54) is 6.07 Å². The summed E-state index contributed by atoms with van der Waals surface area (Å²) < 4.78 is 13.4. The molecule has 1 aromatic rings. The Morgan fingerprint density at radius 3 is 2.62 bits per heavy atom. The fraction of sp³-hybridized carbons (Fsp3) is 0.417. The molecule has 3 nitrogen and oxygen atoms in total. The molecule has 0 saturated heterocycles. The summed E-state index contributed by atoms with van der Waals surface area (Å²) in [5.74, 6) is -1.28. The Morgan fingerprint density at radius 2 is 2.19 bits per heavy atom. The van der Waals surface area contributed by atoms with Gasteiger partial charge in [-0.3, -0.25) is 4.79 Å². The molecule has 0 heterocycles. The molecule has 0 bridgehead atoms. The molecule has 0 radical (unpaired) electrons. The lowest BCUT2D eigenvalue weighted by Crippen LogP contribution is -2.54. The number of carbonyl (C=O) groups is 1. The summed E-state index contributed by atoms with van der Waals surface area (Å²) in [5, 5.41) is 9.24. The number of nitrogens with two attached hydrogens (primary N) is 1. The van der Waals surface area contributed by atoms with Crippen molar-refractivity contribution in [2.45, 2.75) is 31.2 Å². The first-order chi connectivity index (χ1) is 7.45. The highest BCUT2D eigenvalue weighted by Gasteiger charge is 2.50. The van der Waals surface area contributed by atoms with Crippen LogP contribution in [-0.4, -0.2) is 17.1 Å². The van der Waals surface area contributed by atoms with Gasteiger partial charge in [0.1, 0.15) is 5.82 Å². The predicted molar refractivity (Wildman–Crippen MR) is 57.7 cm³/mol. The summed E-state index contributed by atoms with van der Waals surface area (Å²) >= 11 is 0. The first-order valence-electron chi connectivity index (χ1n) is 5.21. The molecule has 86 valence electrons. The molecule has 0 spiro atoms. The molecule has 0 aliphatic heterocycles. The highest BCUT2D eigenvalue weighted by Crippen LogP contribution is 2.43. The first kappa shape index (κ1) is 11.1. The minimum Gasteiger partial charge on any atom is -0.481 e. The normalized spacial score (nSPS) is 28.6. The second-order valence-corrected chi connectivity index (χ2v) is 4.52. The van der Waals surface area contributed by atoms with Gasteiger partial charge in [-0.2, -0.15) is 0 Å². The number of hydrogen-bond acceptors (Lipinski definition) is 2. The molecule has 1 aliphatic carbocycles. The smallest absolute Gasteiger partial charge is 0.314 e. The van der Waals surface area contributed by atoms with E-state index in [-0.39, 0.29) is 11.9 Å². The molecular weight excluding hydrogens is 209 g/mol. The van der Waals surface area contributed by atoms with Gasteiger partial charge in [0.05, 0.1) is 5.41 Å². The second kappa shape index (κ2) is 3.56. The van der Waals surface area contributed by atoms with Crippen molar-refractivity contribution in [2.75, 3.05) is 0 Å². The van der Waals surface area contributed by atoms with Crippen LogP contribution in [-0.2, 0) is 10.2 Å². The quantitative estimate of drug-likeness (QED) is 0.800. The molecule has 2 rings (SSSR count). The summed E-state index contributed by atoms with van der Waals surface area (Å²) in [6.07, 6.45) is 0.760. The van der Waals surface area contributed by atoms with Gasteiger partial charge in [0.2, 0.25) is 0 Å². The number of carboxylic acids is 1. The Kier molecular flexibility index (Phi) is 2.46. The zero-order valence-corrected chi connectivity index (χ0v) is 9.03. The average molecular weight is 223 g/mol. The van der Waals surface area contributed by atoms with E-state index in [9.17, 15) is 14.3 Å². The standard InChI is InChI=1S/C12H14FNO2/c1-7-2-3-8(4-10(7)13)12(11(15)16)5-9(14)6-12/h2-4,9H,5-6,14H2,1H3,(H,15,16). The van der Waals surface area contributed by atoms with Gasteiger partial charge in [-0.1, -0.05) is 12.1 Å². The van der Waals surface area contributed by atoms with Crippen LogP contribution in [0.3, 0.4) is 0 Å². The topological polar surface area (TPSA) is 63.3 Å². The second-order valence-electron chi connectivity index (χ2n) is 4.52. The monoisotopic (exact) mass is 223 g/mol.